The van der Waals surface area contributed by atoms with E-state index in [0.29, 0.717) is 12.0 Å². The van der Waals surface area contributed by atoms with Gasteiger partial charge >= 0.3 is 5.97 Å². The number of hydrogen-bond acceptors (Lipinski definition) is 4. The maximum Gasteiger partial charge on any atom is 0.335 e. The van der Waals surface area contributed by atoms with Crippen molar-refractivity contribution >= 4 is 16.0 Å². The van der Waals surface area contributed by atoms with Crippen LogP contribution in [-0.2, 0) is 10.0 Å². The number of β-amino-alcohol motifs (C(OH)–C–C–N with tert-alkyl or cyclic N) is 1. The Kier molecular flexibility index (Phi) is 3.62. The Morgan fingerprint density at radius 1 is 1.42 bits per heavy atom. The summed E-state index contributed by atoms with van der Waals surface area (Å²) < 4.78 is 26.0. The molecule has 0 spiro atoms. The Morgan fingerprint density at radius 2 is 2.11 bits per heavy atom. The number of aromatic carboxylic acids is 1. The SMILES string of the molecule is Cc1ccc(C(=O)O)cc1S(=O)(=O)N1CC[C@@H](O)C1. The van der Waals surface area contributed by atoms with Crippen LogP contribution in [0, 0.1) is 6.92 Å². The minimum Gasteiger partial charge on any atom is -0.478 e. The number of aliphatic hydroxyl groups is 1. The second kappa shape index (κ2) is 4.92. The van der Waals surface area contributed by atoms with Crippen LogP contribution >= 0.6 is 0 Å². The van der Waals surface area contributed by atoms with Crippen molar-refractivity contribution in [3.05, 3.63) is 29.3 Å². The Hall–Kier alpha value is -1.44. The lowest BCUT2D eigenvalue weighted by Gasteiger charge is -2.17. The van der Waals surface area contributed by atoms with E-state index in [1.807, 2.05) is 0 Å². The Labute approximate surface area is 111 Å². The van der Waals surface area contributed by atoms with Crippen molar-refractivity contribution in [3.63, 3.8) is 0 Å². The molecule has 2 N–H and O–H groups in total. The molecule has 0 aliphatic carbocycles. The summed E-state index contributed by atoms with van der Waals surface area (Å²) in [6, 6.07) is 4.01. The number of benzene rings is 1. The first-order valence-electron chi connectivity index (χ1n) is 5.84. The van der Waals surface area contributed by atoms with Gasteiger partial charge in [0, 0.05) is 13.1 Å². The Morgan fingerprint density at radius 3 is 2.63 bits per heavy atom. The lowest BCUT2D eigenvalue weighted by Crippen LogP contribution is -2.30. The van der Waals surface area contributed by atoms with Gasteiger partial charge in [-0.2, -0.15) is 4.31 Å². The van der Waals surface area contributed by atoms with Crippen LogP contribution in [0.2, 0.25) is 0 Å². The highest BCUT2D eigenvalue weighted by Crippen LogP contribution is 2.24. The summed E-state index contributed by atoms with van der Waals surface area (Å²) in [6.45, 7) is 1.92. The lowest BCUT2D eigenvalue weighted by molar-refractivity contribution is 0.0696. The van der Waals surface area contributed by atoms with Gasteiger partial charge in [-0.25, -0.2) is 13.2 Å². The highest BCUT2D eigenvalue weighted by Gasteiger charge is 2.32. The molecule has 0 radical (unpaired) electrons. The van der Waals surface area contributed by atoms with Crippen LogP contribution in [0.3, 0.4) is 0 Å². The minimum absolute atomic E-state index is 0.0125. The third-order valence-corrected chi connectivity index (χ3v) is 5.19. The van der Waals surface area contributed by atoms with Gasteiger partial charge in [0.25, 0.3) is 0 Å². The molecule has 19 heavy (non-hydrogen) atoms. The molecule has 1 saturated heterocycles. The van der Waals surface area contributed by atoms with Gasteiger partial charge in [0.05, 0.1) is 16.6 Å². The number of hydrogen-bond donors (Lipinski definition) is 2. The molecule has 0 unspecified atom stereocenters. The molecule has 1 aromatic carbocycles. The fourth-order valence-electron chi connectivity index (χ4n) is 2.08. The first-order chi connectivity index (χ1) is 8.82. The highest BCUT2D eigenvalue weighted by atomic mass is 32.2. The molecule has 0 bridgehead atoms. The standard InChI is InChI=1S/C12H15NO5S/c1-8-2-3-9(12(15)16)6-11(8)19(17,18)13-5-4-10(14)7-13/h2-3,6,10,14H,4-5,7H2,1H3,(H,15,16)/t10-/m1/s1. The number of carboxylic acids is 1. The summed E-state index contributed by atoms with van der Waals surface area (Å²) >= 11 is 0. The molecule has 104 valence electrons. The second-order valence-electron chi connectivity index (χ2n) is 4.59. The number of aliphatic hydroxyl groups excluding tert-OH is 1. The molecular formula is C12H15NO5S. The molecule has 7 heteroatoms. The molecule has 1 aromatic rings. The van der Waals surface area contributed by atoms with E-state index in [4.69, 9.17) is 5.11 Å². The quantitative estimate of drug-likeness (QED) is 0.840. The summed E-state index contributed by atoms with van der Waals surface area (Å²) in [6.07, 6.45) is -0.255. The average molecular weight is 285 g/mol. The van der Waals surface area contributed by atoms with E-state index in [-0.39, 0.29) is 23.5 Å². The molecule has 0 amide bonds. The number of sulfonamides is 1. The van der Waals surface area contributed by atoms with Crippen molar-refractivity contribution in [1.82, 2.24) is 4.31 Å². The Balaban J connectivity index is 2.45. The Bertz CT molecular complexity index is 611. The predicted octanol–water partition coefficient (Wildman–Crippen LogP) is 0.449. The summed E-state index contributed by atoms with van der Waals surface area (Å²) in [4.78, 5) is 10.9. The summed E-state index contributed by atoms with van der Waals surface area (Å²) in [7, 11) is -3.75. The van der Waals surface area contributed by atoms with Crippen LogP contribution in [0.5, 0.6) is 0 Å². The number of rotatable bonds is 3. The van der Waals surface area contributed by atoms with Crippen LogP contribution in [0.15, 0.2) is 23.1 Å². The predicted molar refractivity (Wildman–Crippen MR) is 67.5 cm³/mol. The van der Waals surface area contributed by atoms with Gasteiger partial charge in [-0.1, -0.05) is 6.07 Å². The van der Waals surface area contributed by atoms with Gasteiger partial charge < -0.3 is 10.2 Å². The topological polar surface area (TPSA) is 94.9 Å². The minimum atomic E-state index is -3.75. The molecule has 0 aromatic heterocycles. The number of carboxylic acid groups (broad SMARTS) is 1. The van der Waals surface area contributed by atoms with E-state index in [2.05, 4.69) is 0 Å². The van der Waals surface area contributed by atoms with E-state index in [9.17, 15) is 18.3 Å². The summed E-state index contributed by atoms with van der Waals surface area (Å²) in [5, 5.41) is 18.3. The number of carbonyl (C=O) groups is 1. The van der Waals surface area contributed by atoms with Crippen molar-refractivity contribution in [1.29, 1.82) is 0 Å². The fourth-order valence-corrected chi connectivity index (χ4v) is 3.82. The van der Waals surface area contributed by atoms with Gasteiger partial charge in [0.1, 0.15) is 0 Å². The second-order valence-corrected chi connectivity index (χ2v) is 6.50. The third-order valence-electron chi connectivity index (χ3n) is 3.18. The molecule has 1 aliphatic rings. The van der Waals surface area contributed by atoms with Crippen molar-refractivity contribution in [2.45, 2.75) is 24.3 Å². The van der Waals surface area contributed by atoms with E-state index in [1.165, 1.54) is 16.4 Å². The van der Waals surface area contributed by atoms with E-state index in [0.717, 1.165) is 6.07 Å². The van der Waals surface area contributed by atoms with Crippen molar-refractivity contribution in [3.8, 4) is 0 Å². The number of nitrogens with zero attached hydrogens (tertiary/aromatic N) is 1. The zero-order valence-corrected chi connectivity index (χ0v) is 11.2. The highest BCUT2D eigenvalue weighted by molar-refractivity contribution is 7.89. The van der Waals surface area contributed by atoms with Crippen LogP contribution in [-0.4, -0.2) is 48.1 Å². The molecule has 1 fully saturated rings. The lowest BCUT2D eigenvalue weighted by atomic mass is 10.1. The zero-order valence-electron chi connectivity index (χ0n) is 10.4. The van der Waals surface area contributed by atoms with Gasteiger partial charge in [-0.15, -0.1) is 0 Å². The molecule has 1 aliphatic heterocycles. The van der Waals surface area contributed by atoms with Crippen molar-refractivity contribution in [2.75, 3.05) is 13.1 Å². The molecule has 2 rings (SSSR count). The van der Waals surface area contributed by atoms with Gasteiger partial charge in [0.15, 0.2) is 0 Å². The summed E-state index contributed by atoms with van der Waals surface area (Å²) in [5.74, 6) is -1.17. The van der Waals surface area contributed by atoms with E-state index in [1.54, 1.807) is 6.92 Å². The van der Waals surface area contributed by atoms with Crippen molar-refractivity contribution in [2.24, 2.45) is 0 Å². The van der Waals surface area contributed by atoms with E-state index >= 15 is 0 Å². The monoisotopic (exact) mass is 285 g/mol. The molecule has 1 heterocycles. The van der Waals surface area contributed by atoms with E-state index < -0.39 is 22.1 Å². The smallest absolute Gasteiger partial charge is 0.335 e. The normalized spacial score (nSPS) is 20.6. The maximum absolute atomic E-state index is 12.4. The van der Waals surface area contributed by atoms with Crippen LogP contribution in [0.4, 0.5) is 0 Å². The van der Waals surface area contributed by atoms with Crippen LogP contribution < -0.4 is 0 Å². The van der Waals surface area contributed by atoms with Gasteiger partial charge in [-0.05, 0) is 31.0 Å². The first kappa shape index (κ1) is 14.0. The van der Waals surface area contributed by atoms with Gasteiger partial charge in [-0.3, -0.25) is 0 Å². The fraction of sp³-hybridized carbons (Fsp3) is 0.417. The maximum atomic E-state index is 12.4. The largest absolute Gasteiger partial charge is 0.478 e. The van der Waals surface area contributed by atoms with Crippen LogP contribution in [0.1, 0.15) is 22.3 Å². The van der Waals surface area contributed by atoms with Crippen molar-refractivity contribution < 1.29 is 23.4 Å². The molecular weight excluding hydrogens is 270 g/mol. The summed E-state index contributed by atoms with van der Waals surface area (Å²) in [5.41, 5.74) is 0.426. The van der Waals surface area contributed by atoms with Crippen LogP contribution in [0.25, 0.3) is 0 Å². The molecule has 1 atom stereocenters. The molecule has 6 nitrogen and oxygen atoms in total. The van der Waals surface area contributed by atoms with Gasteiger partial charge in [0.2, 0.25) is 10.0 Å². The molecule has 0 saturated carbocycles. The third kappa shape index (κ3) is 2.63. The zero-order chi connectivity index (χ0) is 14.2. The average Bonchev–Trinajstić information content (AvgIpc) is 2.76. The number of aryl methyl sites for hydroxylation is 1. The first-order valence-corrected chi connectivity index (χ1v) is 7.28.